The van der Waals surface area contributed by atoms with Crippen molar-refractivity contribution in [2.75, 3.05) is 6.54 Å². The SMILES string of the molecule is Cc1cscc1CNCC(N)c1cnn(C)c1. The van der Waals surface area contributed by atoms with Crippen molar-refractivity contribution in [1.29, 1.82) is 0 Å². The summed E-state index contributed by atoms with van der Waals surface area (Å²) in [5.74, 6) is 0. The molecule has 0 saturated carbocycles. The average molecular weight is 250 g/mol. The van der Waals surface area contributed by atoms with Gasteiger partial charge in [0.1, 0.15) is 0 Å². The van der Waals surface area contributed by atoms with E-state index < -0.39 is 0 Å². The topological polar surface area (TPSA) is 55.9 Å². The van der Waals surface area contributed by atoms with Gasteiger partial charge in [-0.15, -0.1) is 0 Å². The lowest BCUT2D eigenvalue weighted by molar-refractivity contribution is 0.597. The van der Waals surface area contributed by atoms with E-state index in [0.717, 1.165) is 18.7 Å². The van der Waals surface area contributed by atoms with E-state index in [4.69, 9.17) is 5.73 Å². The maximum atomic E-state index is 6.07. The van der Waals surface area contributed by atoms with Crippen LogP contribution in [0.5, 0.6) is 0 Å². The van der Waals surface area contributed by atoms with Crippen molar-refractivity contribution in [1.82, 2.24) is 15.1 Å². The number of nitrogens with two attached hydrogens (primary N) is 1. The predicted molar refractivity (Wildman–Crippen MR) is 70.9 cm³/mol. The molecule has 0 saturated heterocycles. The molecule has 5 heteroatoms. The fourth-order valence-corrected chi connectivity index (χ4v) is 2.54. The number of rotatable bonds is 5. The van der Waals surface area contributed by atoms with Crippen molar-refractivity contribution in [2.24, 2.45) is 12.8 Å². The monoisotopic (exact) mass is 250 g/mol. The third-order valence-corrected chi connectivity index (χ3v) is 3.70. The summed E-state index contributed by atoms with van der Waals surface area (Å²) in [5, 5.41) is 11.8. The molecule has 17 heavy (non-hydrogen) atoms. The summed E-state index contributed by atoms with van der Waals surface area (Å²) in [7, 11) is 1.90. The van der Waals surface area contributed by atoms with Gasteiger partial charge in [0.05, 0.1) is 6.20 Å². The molecule has 2 aromatic rings. The van der Waals surface area contributed by atoms with Gasteiger partial charge in [-0.3, -0.25) is 4.68 Å². The summed E-state index contributed by atoms with van der Waals surface area (Å²) < 4.78 is 1.78. The van der Waals surface area contributed by atoms with Gasteiger partial charge in [0.15, 0.2) is 0 Å². The molecule has 0 aliphatic heterocycles. The van der Waals surface area contributed by atoms with E-state index in [0.29, 0.717) is 0 Å². The quantitative estimate of drug-likeness (QED) is 0.847. The lowest BCUT2D eigenvalue weighted by atomic mass is 10.1. The minimum Gasteiger partial charge on any atom is -0.323 e. The number of aryl methyl sites for hydroxylation is 2. The highest BCUT2D eigenvalue weighted by molar-refractivity contribution is 7.08. The smallest absolute Gasteiger partial charge is 0.0537 e. The molecule has 92 valence electrons. The molecule has 1 atom stereocenters. The van der Waals surface area contributed by atoms with Crippen LogP contribution in [0.1, 0.15) is 22.7 Å². The first-order chi connectivity index (χ1) is 8.16. The van der Waals surface area contributed by atoms with Crippen LogP contribution in [0.4, 0.5) is 0 Å². The van der Waals surface area contributed by atoms with Crippen molar-refractivity contribution in [2.45, 2.75) is 19.5 Å². The van der Waals surface area contributed by atoms with Crippen molar-refractivity contribution in [3.05, 3.63) is 39.8 Å². The first kappa shape index (κ1) is 12.3. The second-order valence-corrected chi connectivity index (χ2v) is 5.01. The van der Waals surface area contributed by atoms with Gasteiger partial charge in [0.2, 0.25) is 0 Å². The van der Waals surface area contributed by atoms with Crippen molar-refractivity contribution in [3.8, 4) is 0 Å². The van der Waals surface area contributed by atoms with E-state index >= 15 is 0 Å². The molecular weight excluding hydrogens is 232 g/mol. The fourth-order valence-electron chi connectivity index (χ4n) is 1.68. The molecule has 4 nitrogen and oxygen atoms in total. The minimum absolute atomic E-state index is 0.00245. The second-order valence-electron chi connectivity index (χ2n) is 4.26. The van der Waals surface area contributed by atoms with Gasteiger partial charge < -0.3 is 11.1 Å². The third-order valence-electron chi connectivity index (χ3n) is 2.79. The second kappa shape index (κ2) is 5.44. The Balaban J connectivity index is 1.81. The van der Waals surface area contributed by atoms with E-state index in [2.05, 4.69) is 28.1 Å². The van der Waals surface area contributed by atoms with Crippen LogP contribution in [0.15, 0.2) is 23.2 Å². The van der Waals surface area contributed by atoms with E-state index in [1.807, 2.05) is 19.4 Å². The highest BCUT2D eigenvalue weighted by Crippen LogP contribution is 2.13. The van der Waals surface area contributed by atoms with Crippen LogP contribution < -0.4 is 11.1 Å². The zero-order chi connectivity index (χ0) is 12.3. The maximum absolute atomic E-state index is 6.07. The van der Waals surface area contributed by atoms with Gasteiger partial charge >= 0.3 is 0 Å². The number of nitrogens with zero attached hydrogens (tertiary/aromatic N) is 2. The first-order valence-corrected chi connectivity index (χ1v) is 6.57. The van der Waals surface area contributed by atoms with Gasteiger partial charge in [-0.1, -0.05) is 0 Å². The summed E-state index contributed by atoms with van der Waals surface area (Å²) in [5.41, 5.74) is 9.84. The average Bonchev–Trinajstić information content (AvgIpc) is 2.88. The molecule has 0 aliphatic carbocycles. The molecule has 2 rings (SSSR count). The Morgan fingerprint density at radius 3 is 2.94 bits per heavy atom. The molecule has 1 unspecified atom stereocenters. The number of hydrogen-bond donors (Lipinski definition) is 2. The number of nitrogens with one attached hydrogen (secondary N) is 1. The lowest BCUT2D eigenvalue weighted by Crippen LogP contribution is -2.26. The largest absolute Gasteiger partial charge is 0.323 e. The van der Waals surface area contributed by atoms with Crippen LogP contribution in [0.3, 0.4) is 0 Å². The lowest BCUT2D eigenvalue weighted by Gasteiger charge is -2.10. The summed E-state index contributed by atoms with van der Waals surface area (Å²) in [4.78, 5) is 0. The molecule has 3 N–H and O–H groups in total. The molecular formula is C12H18N4S. The molecule has 0 aromatic carbocycles. The third kappa shape index (κ3) is 3.15. The maximum Gasteiger partial charge on any atom is 0.0537 e. The Hall–Kier alpha value is -1.17. The van der Waals surface area contributed by atoms with Crippen LogP contribution in [0.2, 0.25) is 0 Å². The molecule has 0 aliphatic rings. The van der Waals surface area contributed by atoms with Gasteiger partial charge in [0.25, 0.3) is 0 Å². The zero-order valence-corrected chi connectivity index (χ0v) is 11.0. The van der Waals surface area contributed by atoms with Crippen LogP contribution in [0, 0.1) is 6.92 Å². The molecule has 0 amide bonds. The summed E-state index contributed by atoms with van der Waals surface area (Å²) in [6, 6.07) is 0.00245. The zero-order valence-electron chi connectivity index (χ0n) is 10.2. The van der Waals surface area contributed by atoms with Crippen molar-refractivity contribution in [3.63, 3.8) is 0 Å². The number of hydrogen-bond acceptors (Lipinski definition) is 4. The van der Waals surface area contributed by atoms with Crippen LogP contribution in [0.25, 0.3) is 0 Å². The van der Waals surface area contributed by atoms with Crippen LogP contribution in [-0.4, -0.2) is 16.3 Å². The van der Waals surface area contributed by atoms with E-state index in [-0.39, 0.29) is 6.04 Å². The number of thiophene rings is 1. The summed E-state index contributed by atoms with van der Waals surface area (Å²) >= 11 is 1.74. The van der Waals surface area contributed by atoms with Crippen molar-refractivity contribution >= 4 is 11.3 Å². The molecule has 0 fully saturated rings. The Labute approximate surface area is 105 Å². The molecule has 0 bridgehead atoms. The van der Waals surface area contributed by atoms with Gasteiger partial charge in [-0.05, 0) is 28.8 Å². The fraction of sp³-hybridized carbons (Fsp3) is 0.417. The highest BCUT2D eigenvalue weighted by atomic mass is 32.1. The van der Waals surface area contributed by atoms with E-state index in [1.54, 1.807) is 16.0 Å². The highest BCUT2D eigenvalue weighted by Gasteiger charge is 2.07. The summed E-state index contributed by atoms with van der Waals surface area (Å²) in [6.07, 6.45) is 3.78. The Morgan fingerprint density at radius 1 is 1.53 bits per heavy atom. The van der Waals surface area contributed by atoms with Gasteiger partial charge in [0, 0.05) is 37.9 Å². The molecule has 0 radical (unpaired) electrons. The molecule has 0 spiro atoms. The van der Waals surface area contributed by atoms with Crippen LogP contribution in [-0.2, 0) is 13.6 Å². The first-order valence-electron chi connectivity index (χ1n) is 5.63. The minimum atomic E-state index is 0.00245. The molecule has 2 aromatic heterocycles. The van der Waals surface area contributed by atoms with Gasteiger partial charge in [-0.2, -0.15) is 16.4 Å². The number of aromatic nitrogens is 2. The Kier molecular flexibility index (Phi) is 3.93. The Bertz CT molecular complexity index is 474. The normalized spacial score (nSPS) is 12.9. The molecule has 2 heterocycles. The van der Waals surface area contributed by atoms with E-state index in [9.17, 15) is 0 Å². The van der Waals surface area contributed by atoms with Crippen molar-refractivity contribution < 1.29 is 0 Å². The predicted octanol–water partition coefficient (Wildman–Crippen LogP) is 1.58. The summed E-state index contributed by atoms with van der Waals surface area (Å²) in [6.45, 7) is 3.78. The van der Waals surface area contributed by atoms with Gasteiger partial charge in [-0.25, -0.2) is 0 Å². The van der Waals surface area contributed by atoms with Crippen LogP contribution >= 0.6 is 11.3 Å². The van der Waals surface area contributed by atoms with E-state index in [1.165, 1.54) is 11.1 Å². The Morgan fingerprint density at radius 2 is 2.35 bits per heavy atom. The standard InChI is InChI=1S/C12H18N4S/c1-9-7-17-8-11(9)3-14-5-12(13)10-4-15-16(2)6-10/h4,6-8,12,14H,3,5,13H2,1-2H3.